The van der Waals surface area contributed by atoms with Crippen LogP contribution in [0.2, 0.25) is 5.02 Å². The van der Waals surface area contributed by atoms with Gasteiger partial charge in [0, 0.05) is 25.9 Å². The fraction of sp³-hybridized carbons (Fsp3) is 0.467. The Morgan fingerprint density at radius 2 is 2.22 bits per heavy atom. The highest BCUT2D eigenvalue weighted by Crippen LogP contribution is 2.22. The second-order valence-corrected chi connectivity index (χ2v) is 5.53. The van der Waals surface area contributed by atoms with E-state index < -0.39 is 0 Å². The standard InChI is InChI=1S/C15H20ClN3O3.ClH/c1-22-7-6-18-15(21)12-3-2-11(8-13(12)16)19-14(20)10-4-5-17-9-10;/h2-3,8,10,17H,4-7,9H2,1H3,(H,18,21)(H,19,20);1H. The van der Waals surface area contributed by atoms with E-state index in [2.05, 4.69) is 16.0 Å². The predicted octanol–water partition coefficient (Wildman–Crippen LogP) is 1.69. The van der Waals surface area contributed by atoms with E-state index in [4.69, 9.17) is 16.3 Å². The molecule has 2 amide bonds. The van der Waals surface area contributed by atoms with Gasteiger partial charge in [0.05, 0.1) is 23.1 Å². The van der Waals surface area contributed by atoms with Gasteiger partial charge in [0.15, 0.2) is 0 Å². The SMILES string of the molecule is COCCNC(=O)c1ccc(NC(=O)C2CCNC2)cc1Cl.Cl. The van der Waals surface area contributed by atoms with Crippen molar-refractivity contribution in [3.05, 3.63) is 28.8 Å². The number of carbonyl (C=O) groups is 2. The number of methoxy groups -OCH3 is 1. The van der Waals surface area contributed by atoms with Gasteiger partial charge in [0.1, 0.15) is 0 Å². The van der Waals surface area contributed by atoms with Crippen molar-refractivity contribution in [3.8, 4) is 0 Å². The van der Waals surface area contributed by atoms with Gasteiger partial charge in [-0.2, -0.15) is 0 Å². The van der Waals surface area contributed by atoms with Gasteiger partial charge in [0.2, 0.25) is 5.91 Å². The molecule has 0 bridgehead atoms. The maximum absolute atomic E-state index is 12.0. The first kappa shape index (κ1) is 19.7. The minimum Gasteiger partial charge on any atom is -0.383 e. The van der Waals surface area contributed by atoms with E-state index in [-0.39, 0.29) is 30.1 Å². The van der Waals surface area contributed by atoms with Crippen LogP contribution in [0, 0.1) is 5.92 Å². The lowest BCUT2D eigenvalue weighted by atomic mass is 10.1. The number of amides is 2. The molecule has 1 heterocycles. The lowest BCUT2D eigenvalue weighted by Crippen LogP contribution is -2.27. The maximum atomic E-state index is 12.0. The summed E-state index contributed by atoms with van der Waals surface area (Å²) in [6, 6.07) is 4.87. The highest BCUT2D eigenvalue weighted by molar-refractivity contribution is 6.34. The number of hydrogen-bond acceptors (Lipinski definition) is 4. The van der Waals surface area contributed by atoms with Gasteiger partial charge in [-0.15, -0.1) is 12.4 Å². The van der Waals surface area contributed by atoms with Gasteiger partial charge in [-0.3, -0.25) is 9.59 Å². The van der Waals surface area contributed by atoms with Crippen LogP contribution in [-0.4, -0.2) is 45.2 Å². The van der Waals surface area contributed by atoms with Crippen LogP contribution in [0.5, 0.6) is 0 Å². The number of anilines is 1. The van der Waals surface area contributed by atoms with Gasteiger partial charge in [-0.1, -0.05) is 11.6 Å². The summed E-state index contributed by atoms with van der Waals surface area (Å²) in [5, 5.41) is 8.98. The second-order valence-electron chi connectivity index (χ2n) is 5.12. The third-order valence-corrected chi connectivity index (χ3v) is 3.82. The summed E-state index contributed by atoms with van der Waals surface area (Å²) in [5.41, 5.74) is 0.966. The summed E-state index contributed by atoms with van der Waals surface area (Å²) in [7, 11) is 1.57. The van der Waals surface area contributed by atoms with Crippen molar-refractivity contribution < 1.29 is 14.3 Å². The van der Waals surface area contributed by atoms with Gasteiger partial charge in [-0.25, -0.2) is 0 Å². The topological polar surface area (TPSA) is 79.5 Å². The Balaban J connectivity index is 0.00000264. The molecular weight excluding hydrogens is 341 g/mol. The fourth-order valence-electron chi connectivity index (χ4n) is 2.26. The lowest BCUT2D eigenvalue weighted by Gasteiger charge is -2.12. The highest BCUT2D eigenvalue weighted by Gasteiger charge is 2.22. The molecule has 1 unspecified atom stereocenters. The Bertz CT molecular complexity index is 549. The summed E-state index contributed by atoms with van der Waals surface area (Å²) in [6.45, 7) is 2.41. The number of nitrogens with one attached hydrogen (secondary N) is 3. The zero-order chi connectivity index (χ0) is 15.9. The Hall–Kier alpha value is -1.34. The summed E-state index contributed by atoms with van der Waals surface area (Å²) < 4.78 is 4.87. The fourth-order valence-corrected chi connectivity index (χ4v) is 2.53. The molecule has 1 aliphatic rings. The minimum atomic E-state index is -0.264. The number of halogens is 2. The molecule has 1 aromatic carbocycles. The largest absolute Gasteiger partial charge is 0.383 e. The lowest BCUT2D eigenvalue weighted by molar-refractivity contribution is -0.119. The van der Waals surface area contributed by atoms with Crippen LogP contribution in [0.1, 0.15) is 16.8 Å². The van der Waals surface area contributed by atoms with E-state index in [9.17, 15) is 9.59 Å². The maximum Gasteiger partial charge on any atom is 0.252 e. The van der Waals surface area contributed by atoms with Crippen LogP contribution in [0.15, 0.2) is 18.2 Å². The highest BCUT2D eigenvalue weighted by atomic mass is 35.5. The van der Waals surface area contributed by atoms with Crippen LogP contribution in [0.25, 0.3) is 0 Å². The summed E-state index contributed by atoms with van der Waals surface area (Å²) in [6.07, 6.45) is 0.833. The first-order valence-corrected chi connectivity index (χ1v) is 7.58. The zero-order valence-corrected chi connectivity index (χ0v) is 14.4. The van der Waals surface area contributed by atoms with E-state index in [1.54, 1.807) is 25.3 Å². The van der Waals surface area contributed by atoms with Crippen LogP contribution >= 0.6 is 24.0 Å². The molecule has 0 saturated carbocycles. The summed E-state index contributed by atoms with van der Waals surface area (Å²) >= 11 is 6.12. The summed E-state index contributed by atoms with van der Waals surface area (Å²) in [4.78, 5) is 24.0. The van der Waals surface area contributed by atoms with Crippen LogP contribution in [-0.2, 0) is 9.53 Å². The molecule has 3 N–H and O–H groups in total. The molecule has 1 fully saturated rings. The normalized spacial score (nSPS) is 16.5. The van der Waals surface area contributed by atoms with Crippen molar-refractivity contribution >= 4 is 41.5 Å². The Morgan fingerprint density at radius 3 is 2.83 bits per heavy atom. The molecule has 2 rings (SSSR count). The van der Waals surface area contributed by atoms with Gasteiger partial charge < -0.3 is 20.7 Å². The first-order chi connectivity index (χ1) is 10.6. The van der Waals surface area contributed by atoms with Gasteiger partial charge in [-0.05, 0) is 31.2 Å². The van der Waals surface area contributed by atoms with Crippen LogP contribution in [0.3, 0.4) is 0 Å². The van der Waals surface area contributed by atoms with Crippen molar-refractivity contribution in [2.24, 2.45) is 5.92 Å². The molecule has 8 heteroatoms. The van der Waals surface area contributed by atoms with Crippen molar-refractivity contribution in [2.45, 2.75) is 6.42 Å². The Labute approximate surface area is 146 Å². The predicted molar refractivity (Wildman–Crippen MR) is 92.5 cm³/mol. The molecule has 0 radical (unpaired) electrons. The quantitative estimate of drug-likeness (QED) is 0.673. The van der Waals surface area contributed by atoms with Crippen LogP contribution in [0.4, 0.5) is 5.69 Å². The second kappa shape index (κ2) is 9.72. The van der Waals surface area contributed by atoms with E-state index in [0.29, 0.717) is 36.0 Å². The molecule has 6 nitrogen and oxygen atoms in total. The van der Waals surface area contributed by atoms with Crippen molar-refractivity contribution in [2.75, 3.05) is 38.7 Å². The molecule has 1 aliphatic heterocycles. The molecular formula is C15H21Cl2N3O3. The van der Waals surface area contributed by atoms with E-state index >= 15 is 0 Å². The average Bonchev–Trinajstić information content (AvgIpc) is 3.01. The molecule has 23 heavy (non-hydrogen) atoms. The molecule has 1 atom stereocenters. The Morgan fingerprint density at radius 1 is 1.43 bits per heavy atom. The van der Waals surface area contributed by atoms with Gasteiger partial charge >= 0.3 is 0 Å². The number of ether oxygens (including phenoxy) is 1. The van der Waals surface area contributed by atoms with E-state index in [1.165, 1.54) is 0 Å². The monoisotopic (exact) mass is 361 g/mol. The van der Waals surface area contributed by atoms with Gasteiger partial charge in [0.25, 0.3) is 5.91 Å². The zero-order valence-electron chi connectivity index (χ0n) is 12.9. The number of hydrogen-bond donors (Lipinski definition) is 3. The van der Waals surface area contributed by atoms with Crippen molar-refractivity contribution in [3.63, 3.8) is 0 Å². The smallest absolute Gasteiger partial charge is 0.252 e. The third kappa shape index (κ3) is 5.66. The van der Waals surface area contributed by atoms with E-state index in [0.717, 1.165) is 13.0 Å². The average molecular weight is 362 g/mol. The minimum absolute atomic E-state index is 0. The van der Waals surface area contributed by atoms with Crippen LogP contribution < -0.4 is 16.0 Å². The number of carbonyl (C=O) groups excluding carboxylic acids is 2. The molecule has 0 spiro atoms. The Kier molecular flexibility index (Phi) is 8.33. The third-order valence-electron chi connectivity index (χ3n) is 3.50. The van der Waals surface area contributed by atoms with Crippen molar-refractivity contribution in [1.82, 2.24) is 10.6 Å². The molecule has 0 aliphatic carbocycles. The number of benzene rings is 1. The summed E-state index contributed by atoms with van der Waals surface area (Å²) in [5.74, 6) is -0.311. The molecule has 1 aromatic rings. The van der Waals surface area contributed by atoms with Crippen molar-refractivity contribution in [1.29, 1.82) is 0 Å². The van der Waals surface area contributed by atoms with E-state index in [1.807, 2.05) is 0 Å². The number of rotatable bonds is 6. The molecule has 0 aromatic heterocycles. The molecule has 128 valence electrons. The molecule has 1 saturated heterocycles. The first-order valence-electron chi connectivity index (χ1n) is 7.20.